The van der Waals surface area contributed by atoms with E-state index in [4.69, 9.17) is 10.5 Å². The van der Waals surface area contributed by atoms with E-state index in [1.807, 2.05) is 12.1 Å². The van der Waals surface area contributed by atoms with Gasteiger partial charge in [0.1, 0.15) is 0 Å². The van der Waals surface area contributed by atoms with Crippen molar-refractivity contribution in [1.82, 2.24) is 4.98 Å². The zero-order chi connectivity index (χ0) is 10.8. The van der Waals surface area contributed by atoms with Crippen molar-refractivity contribution in [1.29, 1.82) is 0 Å². The zero-order valence-corrected chi connectivity index (χ0v) is 9.93. The van der Waals surface area contributed by atoms with Crippen LogP contribution in [0.5, 0.6) is 0 Å². The predicted molar refractivity (Wildman–Crippen MR) is 60.8 cm³/mol. The van der Waals surface area contributed by atoms with Crippen LogP contribution in [0.15, 0.2) is 18.3 Å². The molecule has 0 bridgehead atoms. The SMILES string of the molecule is COC(=O)C(C)(C)[C@@H](N)c1ccc[nH]1.Cl. The van der Waals surface area contributed by atoms with E-state index < -0.39 is 5.41 Å². The molecule has 0 spiro atoms. The van der Waals surface area contributed by atoms with Crippen molar-refractivity contribution in [3.63, 3.8) is 0 Å². The van der Waals surface area contributed by atoms with Crippen molar-refractivity contribution in [2.75, 3.05) is 7.11 Å². The van der Waals surface area contributed by atoms with Gasteiger partial charge in [0, 0.05) is 11.9 Å². The number of nitrogens with one attached hydrogen (secondary N) is 1. The van der Waals surface area contributed by atoms with Crippen LogP contribution in [0.25, 0.3) is 0 Å². The van der Waals surface area contributed by atoms with Gasteiger partial charge in [0.15, 0.2) is 0 Å². The first-order valence-corrected chi connectivity index (χ1v) is 4.47. The van der Waals surface area contributed by atoms with Crippen molar-refractivity contribution < 1.29 is 9.53 Å². The van der Waals surface area contributed by atoms with E-state index in [9.17, 15) is 4.79 Å². The Balaban J connectivity index is 0.00000196. The molecule has 0 amide bonds. The third kappa shape index (κ3) is 2.73. The number of H-pyrrole nitrogens is 1. The van der Waals surface area contributed by atoms with Crippen molar-refractivity contribution in [3.05, 3.63) is 24.0 Å². The van der Waals surface area contributed by atoms with E-state index in [0.717, 1.165) is 5.69 Å². The maximum absolute atomic E-state index is 11.5. The smallest absolute Gasteiger partial charge is 0.313 e. The van der Waals surface area contributed by atoms with Crippen molar-refractivity contribution >= 4 is 18.4 Å². The average molecular weight is 233 g/mol. The normalized spacial score (nSPS) is 12.8. The van der Waals surface area contributed by atoms with Gasteiger partial charge in [0.2, 0.25) is 0 Å². The summed E-state index contributed by atoms with van der Waals surface area (Å²) in [5.74, 6) is -0.306. The van der Waals surface area contributed by atoms with Gasteiger partial charge in [-0.3, -0.25) is 4.79 Å². The lowest BCUT2D eigenvalue weighted by atomic mass is 9.83. The van der Waals surface area contributed by atoms with Crippen LogP contribution in [0, 0.1) is 5.41 Å². The van der Waals surface area contributed by atoms with Gasteiger partial charge in [0.05, 0.1) is 18.6 Å². The number of ether oxygens (including phenoxy) is 1. The molecule has 0 aliphatic rings. The van der Waals surface area contributed by atoms with Crippen LogP contribution < -0.4 is 5.73 Å². The fraction of sp³-hybridized carbons (Fsp3) is 0.500. The molecule has 1 heterocycles. The number of hydrogen-bond donors (Lipinski definition) is 2. The van der Waals surface area contributed by atoms with Gasteiger partial charge in [-0.2, -0.15) is 0 Å². The van der Waals surface area contributed by atoms with Gasteiger partial charge in [-0.15, -0.1) is 12.4 Å². The van der Waals surface area contributed by atoms with E-state index in [-0.39, 0.29) is 24.4 Å². The highest BCUT2D eigenvalue weighted by Crippen LogP contribution is 2.31. The highest BCUT2D eigenvalue weighted by Gasteiger charge is 2.36. The van der Waals surface area contributed by atoms with Crippen molar-refractivity contribution in [3.8, 4) is 0 Å². The van der Waals surface area contributed by atoms with Gasteiger partial charge in [-0.05, 0) is 26.0 Å². The fourth-order valence-electron chi connectivity index (χ4n) is 1.32. The van der Waals surface area contributed by atoms with Crippen LogP contribution in [0.3, 0.4) is 0 Å². The first kappa shape index (κ1) is 14.0. The van der Waals surface area contributed by atoms with Crippen LogP contribution in [0.1, 0.15) is 25.6 Å². The number of aromatic nitrogens is 1. The predicted octanol–water partition coefficient (Wildman–Crippen LogP) is 1.64. The van der Waals surface area contributed by atoms with Gasteiger partial charge in [0.25, 0.3) is 0 Å². The van der Waals surface area contributed by atoms with E-state index in [0.29, 0.717) is 0 Å². The zero-order valence-electron chi connectivity index (χ0n) is 9.11. The molecule has 0 aliphatic heterocycles. The first-order valence-electron chi connectivity index (χ1n) is 4.47. The topological polar surface area (TPSA) is 68.1 Å². The van der Waals surface area contributed by atoms with E-state index in [1.165, 1.54) is 7.11 Å². The molecular weight excluding hydrogens is 216 g/mol. The molecule has 0 fully saturated rings. The molecule has 4 nitrogen and oxygen atoms in total. The molecule has 86 valence electrons. The van der Waals surface area contributed by atoms with Crippen molar-refractivity contribution in [2.45, 2.75) is 19.9 Å². The Hall–Kier alpha value is -1.00. The minimum absolute atomic E-state index is 0. The molecule has 15 heavy (non-hydrogen) atoms. The minimum atomic E-state index is -0.723. The lowest BCUT2D eigenvalue weighted by Gasteiger charge is -2.27. The third-order valence-corrected chi connectivity index (χ3v) is 2.45. The lowest BCUT2D eigenvalue weighted by Crippen LogP contribution is -2.37. The molecule has 1 aromatic rings. The Morgan fingerprint density at radius 2 is 2.20 bits per heavy atom. The Labute approximate surface area is 95.6 Å². The van der Waals surface area contributed by atoms with Gasteiger partial charge in [-0.1, -0.05) is 0 Å². The number of esters is 1. The summed E-state index contributed by atoms with van der Waals surface area (Å²) in [6, 6.07) is 3.32. The molecule has 1 aromatic heterocycles. The highest BCUT2D eigenvalue weighted by molar-refractivity contribution is 5.85. The number of carbonyl (C=O) groups excluding carboxylic acids is 1. The number of methoxy groups -OCH3 is 1. The van der Waals surface area contributed by atoms with Crippen LogP contribution in [-0.4, -0.2) is 18.1 Å². The molecular formula is C10H17ClN2O2. The monoisotopic (exact) mass is 232 g/mol. The molecule has 0 radical (unpaired) electrons. The Bertz CT molecular complexity index is 309. The standard InChI is InChI=1S/C10H16N2O2.ClH/c1-10(2,9(13)14-3)8(11)7-5-4-6-12-7;/h4-6,8,12H,11H2,1-3H3;1H/t8-;/m0./s1. The second kappa shape index (κ2) is 5.19. The van der Waals surface area contributed by atoms with Gasteiger partial charge in [-0.25, -0.2) is 0 Å². The second-order valence-electron chi connectivity index (χ2n) is 3.82. The summed E-state index contributed by atoms with van der Waals surface area (Å²) in [4.78, 5) is 14.4. The summed E-state index contributed by atoms with van der Waals surface area (Å²) in [5.41, 5.74) is 6.07. The summed E-state index contributed by atoms with van der Waals surface area (Å²) < 4.78 is 4.70. The molecule has 0 aliphatic carbocycles. The van der Waals surface area contributed by atoms with Gasteiger partial charge < -0.3 is 15.5 Å². The molecule has 5 heteroatoms. The molecule has 0 saturated heterocycles. The largest absolute Gasteiger partial charge is 0.469 e. The van der Waals surface area contributed by atoms with Gasteiger partial charge >= 0.3 is 5.97 Å². The van der Waals surface area contributed by atoms with E-state index >= 15 is 0 Å². The number of halogens is 1. The summed E-state index contributed by atoms with van der Waals surface area (Å²) >= 11 is 0. The number of nitrogens with two attached hydrogens (primary N) is 1. The molecule has 3 N–H and O–H groups in total. The quantitative estimate of drug-likeness (QED) is 0.779. The third-order valence-electron chi connectivity index (χ3n) is 2.45. The maximum atomic E-state index is 11.5. The maximum Gasteiger partial charge on any atom is 0.313 e. The van der Waals surface area contributed by atoms with Crippen molar-refractivity contribution in [2.24, 2.45) is 11.1 Å². The lowest BCUT2D eigenvalue weighted by molar-refractivity contribution is -0.152. The number of aromatic amines is 1. The van der Waals surface area contributed by atoms with Crippen LogP contribution >= 0.6 is 12.4 Å². The molecule has 1 atom stereocenters. The van der Waals surface area contributed by atoms with Crippen LogP contribution in [0.2, 0.25) is 0 Å². The van der Waals surface area contributed by atoms with E-state index in [1.54, 1.807) is 20.0 Å². The average Bonchev–Trinajstić information content (AvgIpc) is 2.67. The number of hydrogen-bond acceptors (Lipinski definition) is 3. The molecule has 0 aromatic carbocycles. The summed E-state index contributed by atoms with van der Waals surface area (Å²) in [6.45, 7) is 3.54. The van der Waals surface area contributed by atoms with Crippen LogP contribution in [0.4, 0.5) is 0 Å². The Kier molecular flexibility index (Phi) is 4.84. The first-order chi connectivity index (χ1) is 6.50. The number of carbonyl (C=O) groups is 1. The summed E-state index contributed by atoms with van der Waals surface area (Å²) in [6.07, 6.45) is 1.78. The number of rotatable bonds is 3. The Morgan fingerprint density at radius 3 is 2.60 bits per heavy atom. The Morgan fingerprint density at radius 1 is 1.60 bits per heavy atom. The van der Waals surface area contributed by atoms with Crippen LogP contribution in [-0.2, 0) is 9.53 Å². The summed E-state index contributed by atoms with van der Waals surface area (Å²) in [5, 5.41) is 0. The molecule has 0 unspecified atom stereocenters. The highest BCUT2D eigenvalue weighted by atomic mass is 35.5. The minimum Gasteiger partial charge on any atom is -0.469 e. The summed E-state index contributed by atoms with van der Waals surface area (Å²) in [7, 11) is 1.37. The molecule has 1 rings (SSSR count). The van der Waals surface area contributed by atoms with E-state index in [2.05, 4.69) is 4.98 Å². The molecule has 0 saturated carbocycles. The second-order valence-corrected chi connectivity index (χ2v) is 3.82. The fourth-order valence-corrected chi connectivity index (χ4v) is 1.32.